The van der Waals surface area contributed by atoms with Crippen LogP contribution in [0.15, 0.2) is 0 Å². The average molecular weight is 634 g/mol. The van der Waals surface area contributed by atoms with E-state index in [4.69, 9.17) is 15.0 Å². The Hall–Kier alpha value is -1.71. The van der Waals surface area contributed by atoms with E-state index >= 15 is 0 Å². The zero-order valence-corrected chi connectivity index (χ0v) is 29.8. The molecule has 1 aromatic rings. The van der Waals surface area contributed by atoms with Gasteiger partial charge >= 0.3 is 0 Å². The van der Waals surface area contributed by atoms with Gasteiger partial charge in [-0.3, -0.25) is 5.32 Å². The van der Waals surface area contributed by atoms with Crippen molar-refractivity contribution in [3.8, 4) is 0 Å². The lowest BCUT2D eigenvalue weighted by atomic mass is 9.79. The van der Waals surface area contributed by atoms with Crippen LogP contribution in [-0.2, 0) is 0 Å². The van der Waals surface area contributed by atoms with Crippen molar-refractivity contribution in [3.05, 3.63) is 0 Å². The lowest BCUT2D eigenvalue weighted by molar-refractivity contribution is 0.157. The molecule has 2 fully saturated rings. The molecule has 0 saturated carbocycles. The van der Waals surface area contributed by atoms with E-state index in [0.29, 0.717) is 24.7 Å². The second kappa shape index (κ2) is 17.4. The van der Waals surface area contributed by atoms with Crippen molar-refractivity contribution >= 4 is 17.8 Å². The molecule has 45 heavy (non-hydrogen) atoms. The van der Waals surface area contributed by atoms with E-state index in [1.165, 1.54) is 6.42 Å². The molecule has 3 heterocycles. The third-order valence-corrected chi connectivity index (χ3v) is 8.93. The summed E-state index contributed by atoms with van der Waals surface area (Å²) in [6.45, 7) is 29.0. The molecule has 0 bridgehead atoms. The molecular weight excluding hydrogens is 558 g/mol. The topological polar surface area (TPSA) is 93.3 Å². The number of anilines is 3. The first-order valence-electron chi connectivity index (χ1n) is 17.4. The monoisotopic (exact) mass is 634 g/mol. The zero-order valence-electron chi connectivity index (χ0n) is 29.8. The Balaban J connectivity index is 0.00000506. The fraction of sp³-hybridized carbons (Fsp3) is 0.917. The van der Waals surface area contributed by atoms with Gasteiger partial charge in [-0.05, 0) is 107 Å². The SMILES string of the molecule is C.C.CCCCNCNc1nc(N(CCCC)C2CC(C)(C)NC(C)(C)C2)nc(N(CCCC)C2CC(C)(C)NC(C)(C)C2)n1. The van der Waals surface area contributed by atoms with Gasteiger partial charge < -0.3 is 25.8 Å². The molecule has 0 atom stereocenters. The maximum atomic E-state index is 5.37. The molecular formula is C36H75N9. The van der Waals surface area contributed by atoms with Gasteiger partial charge in [-0.1, -0.05) is 54.9 Å². The number of aromatic nitrogens is 3. The molecule has 3 rings (SSSR count). The van der Waals surface area contributed by atoms with Gasteiger partial charge in [-0.15, -0.1) is 0 Å². The van der Waals surface area contributed by atoms with Crippen molar-refractivity contribution in [1.82, 2.24) is 30.9 Å². The first kappa shape index (κ1) is 41.3. The quantitative estimate of drug-likeness (QED) is 0.108. The molecule has 4 N–H and O–H groups in total. The third kappa shape index (κ3) is 12.8. The van der Waals surface area contributed by atoms with E-state index in [9.17, 15) is 0 Å². The minimum absolute atomic E-state index is 0. The molecule has 2 aliphatic heterocycles. The van der Waals surface area contributed by atoms with Gasteiger partial charge in [0.2, 0.25) is 17.8 Å². The summed E-state index contributed by atoms with van der Waals surface area (Å²) >= 11 is 0. The number of hydrogen-bond acceptors (Lipinski definition) is 9. The minimum Gasteiger partial charge on any atom is -0.341 e. The molecule has 9 heteroatoms. The van der Waals surface area contributed by atoms with Crippen LogP contribution in [0.1, 0.15) is 155 Å². The maximum absolute atomic E-state index is 5.37. The number of piperidine rings is 2. The van der Waals surface area contributed by atoms with Crippen LogP contribution >= 0.6 is 0 Å². The number of nitrogens with one attached hydrogen (secondary N) is 4. The molecule has 0 radical (unpaired) electrons. The fourth-order valence-electron chi connectivity index (χ4n) is 7.75. The van der Waals surface area contributed by atoms with Crippen LogP contribution in [-0.4, -0.2) is 75.5 Å². The number of hydrogen-bond donors (Lipinski definition) is 4. The predicted molar refractivity (Wildman–Crippen MR) is 198 cm³/mol. The van der Waals surface area contributed by atoms with E-state index in [1.807, 2.05) is 0 Å². The maximum Gasteiger partial charge on any atom is 0.232 e. The summed E-state index contributed by atoms with van der Waals surface area (Å²) in [6.07, 6.45) is 11.1. The van der Waals surface area contributed by atoms with E-state index in [1.54, 1.807) is 0 Å². The highest BCUT2D eigenvalue weighted by molar-refractivity contribution is 5.47. The number of rotatable bonds is 16. The predicted octanol–water partition coefficient (Wildman–Crippen LogP) is 7.73. The van der Waals surface area contributed by atoms with Crippen LogP contribution < -0.4 is 31.1 Å². The second-order valence-corrected chi connectivity index (χ2v) is 16.0. The van der Waals surface area contributed by atoms with Crippen molar-refractivity contribution in [2.24, 2.45) is 0 Å². The van der Waals surface area contributed by atoms with Crippen molar-refractivity contribution in [2.45, 2.75) is 189 Å². The normalized spacial score (nSPS) is 20.5. The molecule has 2 saturated heterocycles. The van der Waals surface area contributed by atoms with Crippen LogP contribution in [0.3, 0.4) is 0 Å². The van der Waals surface area contributed by atoms with Crippen LogP contribution in [0.5, 0.6) is 0 Å². The summed E-state index contributed by atoms with van der Waals surface area (Å²) in [7, 11) is 0. The number of unbranched alkanes of at least 4 members (excludes halogenated alkanes) is 3. The van der Waals surface area contributed by atoms with Gasteiger partial charge in [0.25, 0.3) is 0 Å². The van der Waals surface area contributed by atoms with Crippen LogP contribution in [0.4, 0.5) is 17.8 Å². The Morgan fingerprint density at radius 2 is 1.00 bits per heavy atom. The molecule has 1 aromatic heterocycles. The molecule has 0 unspecified atom stereocenters. The summed E-state index contributed by atoms with van der Waals surface area (Å²) in [6, 6.07) is 0.703. The molecule has 2 aliphatic rings. The largest absolute Gasteiger partial charge is 0.341 e. The van der Waals surface area contributed by atoms with Gasteiger partial charge in [0.05, 0.1) is 6.67 Å². The molecule has 0 aliphatic carbocycles. The standard InChI is InChI=1S/C34H67N9.2CH4/c1-12-15-18-35-25-36-28-37-29(42(19-16-13-2)26-21-31(4,5)40-32(6,7)22-26)39-30(38-28)43(20-17-14-3)27-23-33(8,9)41-34(10,11)24-27;;/h26-27,35,40-41H,12-25H2,1-11H3,(H,36,37,38,39);2*1H4. The Bertz CT molecular complexity index is 890. The highest BCUT2D eigenvalue weighted by atomic mass is 15.4. The van der Waals surface area contributed by atoms with Gasteiger partial charge in [-0.2, -0.15) is 15.0 Å². The summed E-state index contributed by atoms with van der Waals surface area (Å²) < 4.78 is 0. The number of nitrogens with zero attached hydrogens (tertiary/aromatic N) is 5. The van der Waals surface area contributed by atoms with Gasteiger partial charge in [0.1, 0.15) is 0 Å². The molecule has 0 aromatic carbocycles. The van der Waals surface area contributed by atoms with Crippen molar-refractivity contribution < 1.29 is 0 Å². The molecule has 9 nitrogen and oxygen atoms in total. The lowest BCUT2D eigenvalue weighted by Crippen LogP contribution is -2.63. The van der Waals surface area contributed by atoms with E-state index in [-0.39, 0.29) is 37.0 Å². The first-order chi connectivity index (χ1) is 20.1. The molecule has 0 amide bonds. The minimum atomic E-state index is 0. The highest BCUT2D eigenvalue weighted by Gasteiger charge is 2.42. The first-order valence-corrected chi connectivity index (χ1v) is 17.4. The third-order valence-electron chi connectivity index (χ3n) is 8.93. The summed E-state index contributed by atoms with van der Waals surface area (Å²) in [5.41, 5.74) is 0.153. The van der Waals surface area contributed by atoms with Crippen LogP contribution in [0.25, 0.3) is 0 Å². The Morgan fingerprint density at radius 3 is 1.36 bits per heavy atom. The van der Waals surface area contributed by atoms with Crippen molar-refractivity contribution in [3.63, 3.8) is 0 Å². The highest BCUT2D eigenvalue weighted by Crippen LogP contribution is 2.36. The Morgan fingerprint density at radius 1 is 0.622 bits per heavy atom. The summed E-state index contributed by atoms with van der Waals surface area (Å²) in [4.78, 5) is 20.7. The second-order valence-electron chi connectivity index (χ2n) is 16.0. The lowest BCUT2D eigenvalue weighted by Gasteiger charge is -2.50. The van der Waals surface area contributed by atoms with E-state index < -0.39 is 0 Å². The van der Waals surface area contributed by atoms with Gasteiger partial charge in [0, 0.05) is 47.3 Å². The van der Waals surface area contributed by atoms with Gasteiger partial charge in [0.15, 0.2) is 0 Å². The molecule has 264 valence electrons. The summed E-state index contributed by atoms with van der Waals surface area (Å²) in [5.74, 6) is 2.32. The van der Waals surface area contributed by atoms with Gasteiger partial charge in [-0.25, -0.2) is 0 Å². The van der Waals surface area contributed by atoms with Crippen LogP contribution in [0.2, 0.25) is 0 Å². The summed E-state index contributed by atoms with van der Waals surface area (Å²) in [5, 5.41) is 14.8. The Labute approximate surface area is 279 Å². The molecule has 0 spiro atoms. The van der Waals surface area contributed by atoms with E-state index in [0.717, 1.165) is 89.3 Å². The van der Waals surface area contributed by atoms with E-state index in [2.05, 4.69) is 107 Å². The zero-order chi connectivity index (χ0) is 31.9. The smallest absolute Gasteiger partial charge is 0.232 e. The Kier molecular flexibility index (Phi) is 16.0. The fourth-order valence-corrected chi connectivity index (χ4v) is 7.75. The average Bonchev–Trinajstić information content (AvgIpc) is 2.85. The van der Waals surface area contributed by atoms with Crippen molar-refractivity contribution in [2.75, 3.05) is 41.4 Å². The van der Waals surface area contributed by atoms with Crippen molar-refractivity contribution in [1.29, 1.82) is 0 Å². The van der Waals surface area contributed by atoms with Crippen LogP contribution in [0, 0.1) is 0 Å².